The van der Waals surface area contributed by atoms with Crippen molar-refractivity contribution in [1.29, 1.82) is 0 Å². The molecule has 1 aliphatic heterocycles. The molecule has 2 aromatic carbocycles. The van der Waals surface area contributed by atoms with Crippen LogP contribution in [0.2, 0.25) is 0 Å². The maximum absolute atomic E-state index is 12.9. The number of aliphatic hydroxyl groups excluding tert-OH is 1. The lowest BCUT2D eigenvalue weighted by atomic mass is 10.1. The minimum Gasteiger partial charge on any atom is -0.497 e. The summed E-state index contributed by atoms with van der Waals surface area (Å²) in [6, 6.07) is 11.9. The van der Waals surface area contributed by atoms with E-state index < -0.39 is 0 Å². The lowest BCUT2D eigenvalue weighted by Gasteiger charge is -2.22. The predicted octanol–water partition coefficient (Wildman–Crippen LogP) is 2.83. The molecule has 156 valence electrons. The minimum atomic E-state index is -0.164. The van der Waals surface area contributed by atoms with Gasteiger partial charge in [0.05, 0.1) is 30.7 Å². The van der Waals surface area contributed by atoms with Gasteiger partial charge in [-0.1, -0.05) is 12.1 Å². The summed E-state index contributed by atoms with van der Waals surface area (Å²) in [4.78, 5) is 26.9. The number of hydrogen-bond donors (Lipinski definition) is 1. The molecule has 1 atom stereocenters. The van der Waals surface area contributed by atoms with Gasteiger partial charge in [0.25, 0.3) is 5.91 Å². The quantitative estimate of drug-likeness (QED) is 0.674. The number of methoxy groups -OCH3 is 1. The molecule has 1 saturated heterocycles. The Bertz CT molecular complexity index is 1100. The Morgan fingerprint density at radius 3 is 2.70 bits per heavy atom. The van der Waals surface area contributed by atoms with Gasteiger partial charge >= 0.3 is 0 Å². The van der Waals surface area contributed by atoms with Gasteiger partial charge in [-0.25, -0.2) is 0 Å². The summed E-state index contributed by atoms with van der Waals surface area (Å²) in [5, 5.41) is 9.80. The van der Waals surface area contributed by atoms with Gasteiger partial charge in [0.1, 0.15) is 23.3 Å². The summed E-state index contributed by atoms with van der Waals surface area (Å²) in [6.07, 6.45) is 3.12. The molecule has 1 amide bonds. The number of carbonyl (C=O) groups is 1. The van der Waals surface area contributed by atoms with Crippen molar-refractivity contribution in [1.82, 2.24) is 4.90 Å². The minimum absolute atomic E-state index is 0.0383. The first kappa shape index (κ1) is 20.0. The summed E-state index contributed by atoms with van der Waals surface area (Å²) in [5.41, 5.74) is 1.43. The Kier molecular flexibility index (Phi) is 5.72. The molecule has 2 heterocycles. The summed E-state index contributed by atoms with van der Waals surface area (Å²) >= 11 is 0. The molecule has 7 nitrogen and oxygen atoms in total. The SMILES string of the molecule is COc1ccc(-c2coc3cc(OCC(=O)N4CCCC4CO)ccc3c2=O)cc1. The maximum Gasteiger partial charge on any atom is 0.260 e. The van der Waals surface area contributed by atoms with E-state index >= 15 is 0 Å². The summed E-state index contributed by atoms with van der Waals surface area (Å²) in [7, 11) is 1.59. The zero-order valence-electron chi connectivity index (χ0n) is 16.7. The van der Waals surface area contributed by atoms with E-state index in [0.29, 0.717) is 34.6 Å². The number of nitrogens with zero attached hydrogens (tertiary/aromatic N) is 1. The van der Waals surface area contributed by atoms with Crippen LogP contribution < -0.4 is 14.9 Å². The van der Waals surface area contributed by atoms with Crippen LogP contribution in [0.4, 0.5) is 0 Å². The van der Waals surface area contributed by atoms with E-state index in [1.54, 1.807) is 54.5 Å². The standard InChI is InChI=1S/C23H23NO6/c1-28-17-6-4-15(5-7-17)20-13-30-21-11-18(8-9-19(21)23(20)27)29-14-22(26)24-10-2-3-16(24)12-25/h4-9,11,13,16,25H,2-3,10,12,14H2,1H3. The molecule has 1 N–H and O–H groups in total. The Morgan fingerprint density at radius 1 is 1.20 bits per heavy atom. The highest BCUT2D eigenvalue weighted by Crippen LogP contribution is 2.25. The summed E-state index contributed by atoms with van der Waals surface area (Å²) < 4.78 is 16.4. The second-order valence-electron chi connectivity index (χ2n) is 7.22. The first-order valence-electron chi connectivity index (χ1n) is 9.84. The average Bonchev–Trinajstić information content (AvgIpc) is 3.27. The zero-order chi connectivity index (χ0) is 21.1. The molecule has 0 bridgehead atoms. The Labute approximate surface area is 173 Å². The molecule has 1 aliphatic rings. The van der Waals surface area contributed by atoms with Crippen LogP contribution in [0.3, 0.4) is 0 Å². The number of benzene rings is 2. The highest BCUT2D eigenvalue weighted by molar-refractivity contribution is 5.83. The van der Waals surface area contributed by atoms with Crippen molar-refractivity contribution in [2.75, 3.05) is 26.9 Å². The molecule has 7 heteroatoms. The highest BCUT2D eigenvalue weighted by Gasteiger charge is 2.28. The predicted molar refractivity (Wildman–Crippen MR) is 112 cm³/mol. The van der Waals surface area contributed by atoms with E-state index in [1.807, 2.05) is 0 Å². The number of aliphatic hydroxyl groups is 1. The topological polar surface area (TPSA) is 89.2 Å². The number of likely N-dealkylation sites (tertiary alicyclic amines) is 1. The largest absolute Gasteiger partial charge is 0.497 e. The molecule has 0 spiro atoms. The molecule has 1 aromatic heterocycles. The molecule has 0 radical (unpaired) electrons. The third kappa shape index (κ3) is 3.89. The fourth-order valence-electron chi connectivity index (χ4n) is 3.75. The van der Waals surface area contributed by atoms with Gasteiger partial charge in [0, 0.05) is 12.6 Å². The van der Waals surface area contributed by atoms with E-state index in [9.17, 15) is 14.7 Å². The van der Waals surface area contributed by atoms with Crippen LogP contribution in [0, 0.1) is 0 Å². The van der Waals surface area contributed by atoms with E-state index in [0.717, 1.165) is 18.4 Å². The first-order valence-corrected chi connectivity index (χ1v) is 9.84. The third-order valence-corrected chi connectivity index (χ3v) is 5.42. The van der Waals surface area contributed by atoms with E-state index in [1.165, 1.54) is 6.26 Å². The van der Waals surface area contributed by atoms with Gasteiger partial charge in [-0.15, -0.1) is 0 Å². The zero-order valence-corrected chi connectivity index (χ0v) is 16.7. The number of fused-ring (bicyclic) bond motifs is 1. The lowest BCUT2D eigenvalue weighted by molar-refractivity contribution is -0.134. The molecule has 0 aliphatic carbocycles. The number of amides is 1. The van der Waals surface area contributed by atoms with Crippen LogP contribution in [0.5, 0.6) is 11.5 Å². The molecule has 1 fully saturated rings. The second-order valence-corrected chi connectivity index (χ2v) is 7.22. The molecule has 1 unspecified atom stereocenters. The smallest absolute Gasteiger partial charge is 0.260 e. The number of hydrogen-bond acceptors (Lipinski definition) is 6. The van der Waals surface area contributed by atoms with Crippen LogP contribution in [0.25, 0.3) is 22.1 Å². The van der Waals surface area contributed by atoms with Gasteiger partial charge in [-0.3, -0.25) is 9.59 Å². The van der Waals surface area contributed by atoms with Gasteiger partial charge in [0.2, 0.25) is 0 Å². The van der Waals surface area contributed by atoms with Gasteiger partial charge in [0.15, 0.2) is 12.0 Å². The first-order chi connectivity index (χ1) is 14.6. The van der Waals surface area contributed by atoms with E-state index in [-0.39, 0.29) is 30.6 Å². The van der Waals surface area contributed by atoms with Gasteiger partial charge < -0.3 is 23.9 Å². The number of carbonyl (C=O) groups excluding carboxylic acids is 1. The average molecular weight is 409 g/mol. The van der Waals surface area contributed by atoms with Crippen molar-refractivity contribution in [3.63, 3.8) is 0 Å². The van der Waals surface area contributed by atoms with Crippen molar-refractivity contribution in [3.05, 3.63) is 59.0 Å². The Hall–Kier alpha value is -3.32. The molecule has 3 aromatic rings. The van der Waals surface area contributed by atoms with Crippen molar-refractivity contribution in [3.8, 4) is 22.6 Å². The maximum atomic E-state index is 12.9. The number of rotatable bonds is 6. The summed E-state index contributed by atoms with van der Waals surface area (Å²) in [6.45, 7) is 0.466. The lowest BCUT2D eigenvalue weighted by Crippen LogP contribution is -2.40. The summed E-state index contributed by atoms with van der Waals surface area (Å²) in [5.74, 6) is 0.985. The molecule has 4 rings (SSSR count). The molecule has 30 heavy (non-hydrogen) atoms. The van der Waals surface area contributed by atoms with Crippen molar-refractivity contribution in [2.45, 2.75) is 18.9 Å². The van der Waals surface area contributed by atoms with Crippen molar-refractivity contribution in [2.24, 2.45) is 0 Å². The van der Waals surface area contributed by atoms with Crippen LogP contribution in [-0.2, 0) is 4.79 Å². The number of ether oxygens (including phenoxy) is 2. The van der Waals surface area contributed by atoms with Crippen LogP contribution in [-0.4, -0.2) is 48.8 Å². The fraction of sp³-hybridized carbons (Fsp3) is 0.304. The van der Waals surface area contributed by atoms with Crippen LogP contribution in [0.15, 0.2) is 57.9 Å². The van der Waals surface area contributed by atoms with Crippen molar-refractivity contribution < 1.29 is 23.8 Å². The van der Waals surface area contributed by atoms with Crippen LogP contribution in [0.1, 0.15) is 12.8 Å². The molecular weight excluding hydrogens is 386 g/mol. The highest BCUT2D eigenvalue weighted by atomic mass is 16.5. The Morgan fingerprint density at radius 2 is 1.97 bits per heavy atom. The second kappa shape index (κ2) is 8.59. The monoisotopic (exact) mass is 409 g/mol. The molecular formula is C23H23NO6. The van der Waals surface area contributed by atoms with E-state index in [4.69, 9.17) is 13.9 Å². The third-order valence-electron chi connectivity index (χ3n) is 5.42. The fourth-order valence-corrected chi connectivity index (χ4v) is 3.75. The van der Waals surface area contributed by atoms with Gasteiger partial charge in [-0.2, -0.15) is 0 Å². The normalized spacial score (nSPS) is 16.1. The molecule has 0 saturated carbocycles. The van der Waals surface area contributed by atoms with Gasteiger partial charge in [-0.05, 0) is 42.7 Å². The van der Waals surface area contributed by atoms with Crippen molar-refractivity contribution >= 4 is 16.9 Å². The van der Waals surface area contributed by atoms with Crippen LogP contribution >= 0.6 is 0 Å². The Balaban J connectivity index is 1.52. The van der Waals surface area contributed by atoms with E-state index in [2.05, 4.69) is 0 Å².